The second-order valence-electron chi connectivity index (χ2n) is 5.56. The highest BCUT2D eigenvalue weighted by atomic mass is 32.2. The van der Waals surface area contributed by atoms with Crippen LogP contribution in [-0.2, 0) is 9.59 Å². The van der Waals surface area contributed by atoms with E-state index in [1.807, 2.05) is 17.5 Å². The van der Waals surface area contributed by atoms with Crippen LogP contribution >= 0.6 is 35.3 Å². The third kappa shape index (κ3) is 4.10. The number of thiocarbonyl (C=S) groups is 1. The number of carboxylic acids is 1. The Hall–Kier alpha value is -2.49. The minimum absolute atomic E-state index is 0.0105. The van der Waals surface area contributed by atoms with Crippen molar-refractivity contribution in [3.05, 3.63) is 57.1 Å². The molecule has 1 saturated heterocycles. The van der Waals surface area contributed by atoms with Gasteiger partial charge in [0, 0.05) is 11.9 Å². The summed E-state index contributed by atoms with van der Waals surface area (Å²) in [5.41, 5.74) is 0.269. The van der Waals surface area contributed by atoms with E-state index in [1.54, 1.807) is 24.3 Å². The lowest BCUT2D eigenvalue weighted by molar-refractivity contribution is -0.127. The molecule has 1 aromatic heterocycles. The molecular weight excluding hydrogens is 404 g/mol. The zero-order valence-corrected chi connectivity index (χ0v) is 16.6. The molecule has 2 amide bonds. The Bertz CT molecular complexity index is 953. The Labute approximate surface area is 169 Å². The minimum atomic E-state index is -1.13. The lowest BCUT2D eigenvalue weighted by atomic mass is 10.1. The molecule has 0 spiro atoms. The lowest BCUT2D eigenvalue weighted by Gasteiger charge is -2.22. The van der Waals surface area contributed by atoms with Gasteiger partial charge < -0.3 is 10.0 Å². The van der Waals surface area contributed by atoms with Crippen LogP contribution < -0.4 is 4.90 Å². The minimum Gasteiger partial charge on any atom is -0.478 e. The maximum absolute atomic E-state index is 12.6. The molecule has 0 radical (unpaired) electrons. The maximum Gasteiger partial charge on any atom is 0.337 e. The summed E-state index contributed by atoms with van der Waals surface area (Å²) in [5.74, 6) is -1.89. The molecule has 1 aliphatic rings. The van der Waals surface area contributed by atoms with Gasteiger partial charge in [0.25, 0.3) is 5.91 Å². The SMILES string of the molecule is CN(C(=O)CN1C(=O)/C(=C/c2cccs2)SC1=S)c1ccccc1C(=O)O. The van der Waals surface area contributed by atoms with E-state index in [2.05, 4.69) is 0 Å². The molecule has 1 N–H and O–H groups in total. The van der Waals surface area contributed by atoms with Gasteiger partial charge in [0.1, 0.15) is 10.9 Å². The number of aromatic carboxylic acids is 1. The van der Waals surface area contributed by atoms with Crippen molar-refractivity contribution in [1.82, 2.24) is 4.90 Å². The number of amides is 2. The van der Waals surface area contributed by atoms with E-state index < -0.39 is 11.9 Å². The fourth-order valence-electron chi connectivity index (χ4n) is 2.46. The fraction of sp³-hybridized carbons (Fsp3) is 0.111. The van der Waals surface area contributed by atoms with E-state index in [0.717, 1.165) is 16.6 Å². The van der Waals surface area contributed by atoms with Crippen LogP contribution in [0.1, 0.15) is 15.2 Å². The number of likely N-dealkylation sites (N-methyl/N-ethyl adjacent to an activating group) is 1. The molecule has 0 saturated carbocycles. The number of carbonyl (C=O) groups excluding carboxylic acids is 2. The van der Waals surface area contributed by atoms with Crippen LogP contribution in [0.3, 0.4) is 0 Å². The van der Waals surface area contributed by atoms with Crippen molar-refractivity contribution in [2.75, 3.05) is 18.5 Å². The highest BCUT2D eigenvalue weighted by Gasteiger charge is 2.34. The van der Waals surface area contributed by atoms with Crippen LogP contribution in [0.25, 0.3) is 6.08 Å². The molecule has 0 atom stereocenters. The summed E-state index contributed by atoms with van der Waals surface area (Å²) in [4.78, 5) is 40.5. The van der Waals surface area contributed by atoms with Crippen molar-refractivity contribution >= 4 is 69.2 Å². The fourth-order valence-corrected chi connectivity index (χ4v) is 4.44. The van der Waals surface area contributed by atoms with Crippen molar-refractivity contribution in [3.8, 4) is 0 Å². The molecule has 9 heteroatoms. The third-order valence-electron chi connectivity index (χ3n) is 3.85. The Kier molecular flexibility index (Phi) is 5.73. The Balaban J connectivity index is 1.77. The number of hydrogen-bond acceptors (Lipinski definition) is 6. The van der Waals surface area contributed by atoms with Crippen LogP contribution in [0, 0.1) is 0 Å². The molecule has 3 rings (SSSR count). The first-order chi connectivity index (χ1) is 12.9. The van der Waals surface area contributed by atoms with Gasteiger partial charge in [-0.15, -0.1) is 11.3 Å². The predicted octanol–water partition coefficient (Wildman–Crippen LogP) is 3.31. The van der Waals surface area contributed by atoms with E-state index in [1.165, 1.54) is 34.3 Å². The molecule has 6 nitrogen and oxygen atoms in total. The van der Waals surface area contributed by atoms with Crippen molar-refractivity contribution in [3.63, 3.8) is 0 Å². The van der Waals surface area contributed by atoms with Crippen molar-refractivity contribution in [2.24, 2.45) is 0 Å². The zero-order chi connectivity index (χ0) is 19.6. The van der Waals surface area contributed by atoms with Crippen molar-refractivity contribution < 1.29 is 19.5 Å². The topological polar surface area (TPSA) is 77.9 Å². The molecule has 0 unspecified atom stereocenters. The predicted molar refractivity (Wildman–Crippen MR) is 111 cm³/mol. The van der Waals surface area contributed by atoms with E-state index in [4.69, 9.17) is 12.2 Å². The van der Waals surface area contributed by atoms with Gasteiger partial charge in [0.2, 0.25) is 5.91 Å². The van der Waals surface area contributed by atoms with Crippen LogP contribution in [0.15, 0.2) is 46.7 Å². The number of carboxylic acid groups (broad SMARTS) is 1. The first kappa shape index (κ1) is 19.3. The average molecular weight is 419 g/mol. The molecule has 138 valence electrons. The molecule has 1 aromatic carbocycles. The van der Waals surface area contributed by atoms with Crippen LogP contribution in [0.4, 0.5) is 5.69 Å². The number of rotatable bonds is 5. The quantitative estimate of drug-likeness (QED) is 0.593. The lowest BCUT2D eigenvalue weighted by Crippen LogP contribution is -2.40. The monoisotopic (exact) mass is 418 g/mol. The smallest absolute Gasteiger partial charge is 0.337 e. The highest BCUT2D eigenvalue weighted by Crippen LogP contribution is 2.33. The van der Waals surface area contributed by atoms with Crippen LogP contribution in [-0.4, -0.2) is 45.7 Å². The molecule has 27 heavy (non-hydrogen) atoms. The molecule has 0 bridgehead atoms. The van der Waals surface area contributed by atoms with Gasteiger partial charge in [0.15, 0.2) is 0 Å². The number of benzene rings is 1. The molecular formula is C18H14N2O4S3. The molecule has 2 heterocycles. The summed E-state index contributed by atoms with van der Waals surface area (Å²) >= 11 is 7.89. The second-order valence-corrected chi connectivity index (χ2v) is 8.21. The Morgan fingerprint density at radius 2 is 2.00 bits per heavy atom. The van der Waals surface area contributed by atoms with E-state index in [9.17, 15) is 19.5 Å². The van der Waals surface area contributed by atoms with Gasteiger partial charge in [-0.1, -0.05) is 42.2 Å². The molecule has 0 aliphatic carbocycles. The maximum atomic E-state index is 12.6. The van der Waals surface area contributed by atoms with Gasteiger partial charge in [0.05, 0.1) is 16.2 Å². The number of thioether (sulfide) groups is 1. The third-order valence-corrected chi connectivity index (χ3v) is 6.05. The highest BCUT2D eigenvalue weighted by molar-refractivity contribution is 8.26. The number of nitrogens with zero attached hydrogens (tertiary/aromatic N) is 2. The van der Waals surface area contributed by atoms with E-state index >= 15 is 0 Å². The zero-order valence-electron chi connectivity index (χ0n) is 14.1. The van der Waals surface area contributed by atoms with Gasteiger partial charge in [-0.25, -0.2) is 4.79 Å². The number of para-hydroxylation sites is 1. The number of carbonyl (C=O) groups is 3. The van der Waals surface area contributed by atoms with Gasteiger partial charge in [-0.05, 0) is 29.7 Å². The van der Waals surface area contributed by atoms with Gasteiger partial charge >= 0.3 is 5.97 Å². The summed E-state index contributed by atoms with van der Waals surface area (Å²) in [6.07, 6.45) is 1.75. The van der Waals surface area contributed by atoms with Crippen LogP contribution in [0.2, 0.25) is 0 Å². The van der Waals surface area contributed by atoms with E-state index in [0.29, 0.717) is 9.23 Å². The van der Waals surface area contributed by atoms with Crippen molar-refractivity contribution in [1.29, 1.82) is 0 Å². The first-order valence-electron chi connectivity index (χ1n) is 7.76. The first-order valence-corrected chi connectivity index (χ1v) is 9.86. The second kappa shape index (κ2) is 8.03. The normalized spacial score (nSPS) is 15.4. The summed E-state index contributed by atoms with van der Waals surface area (Å²) in [7, 11) is 1.48. The van der Waals surface area contributed by atoms with Gasteiger partial charge in [-0.2, -0.15) is 0 Å². The standard InChI is InChI=1S/C18H14N2O4S3/c1-19(13-7-3-2-6-12(13)17(23)24)15(21)10-20-16(22)14(27-18(20)25)9-11-5-4-8-26-11/h2-9H,10H2,1H3,(H,23,24)/b14-9-. The molecule has 1 aliphatic heterocycles. The molecule has 2 aromatic rings. The van der Waals surface area contributed by atoms with Crippen molar-refractivity contribution in [2.45, 2.75) is 0 Å². The Morgan fingerprint density at radius 3 is 2.67 bits per heavy atom. The summed E-state index contributed by atoms with van der Waals surface area (Å²) in [5, 5.41) is 11.2. The summed E-state index contributed by atoms with van der Waals surface area (Å²) in [6, 6.07) is 9.97. The van der Waals surface area contributed by atoms with Gasteiger partial charge in [-0.3, -0.25) is 14.5 Å². The number of thiophene rings is 1. The molecule has 1 fully saturated rings. The summed E-state index contributed by atoms with van der Waals surface area (Å²) in [6.45, 7) is -0.253. The summed E-state index contributed by atoms with van der Waals surface area (Å²) < 4.78 is 0.302. The van der Waals surface area contributed by atoms with Crippen LogP contribution in [0.5, 0.6) is 0 Å². The van der Waals surface area contributed by atoms with E-state index in [-0.39, 0.29) is 23.7 Å². The number of hydrogen-bond donors (Lipinski definition) is 1. The average Bonchev–Trinajstić information content (AvgIpc) is 3.25. The largest absolute Gasteiger partial charge is 0.478 e. The Morgan fingerprint density at radius 1 is 1.26 bits per heavy atom. The number of anilines is 1.